The third kappa shape index (κ3) is 1.69. The average Bonchev–Trinajstić information content (AvgIpc) is 2.14. The third-order valence-corrected chi connectivity index (χ3v) is 5.18. The second-order valence-corrected chi connectivity index (χ2v) is 5.95. The van der Waals surface area contributed by atoms with Crippen LogP contribution in [0.3, 0.4) is 0 Å². The maximum Gasteiger partial charge on any atom is 0.181 e. The summed E-state index contributed by atoms with van der Waals surface area (Å²) in [6.45, 7) is 0. The van der Waals surface area contributed by atoms with E-state index in [0.29, 0.717) is 6.29 Å². The summed E-state index contributed by atoms with van der Waals surface area (Å²) in [7, 11) is -3.28. The van der Waals surface area contributed by atoms with Crippen LogP contribution in [0.1, 0.15) is 29.6 Å². The Morgan fingerprint density at radius 1 is 1.20 bits per heavy atom. The van der Waals surface area contributed by atoms with Crippen molar-refractivity contribution >= 4 is 16.1 Å². The summed E-state index contributed by atoms with van der Waals surface area (Å²) in [6, 6.07) is 6.37. The second kappa shape index (κ2) is 3.77. The molecular weight excluding hydrogens is 212 g/mol. The second-order valence-electron chi connectivity index (χ2n) is 3.75. The van der Waals surface area contributed by atoms with Gasteiger partial charge in [-0.15, -0.1) is 0 Å². The fourth-order valence-corrected chi connectivity index (χ4v) is 3.72. The van der Waals surface area contributed by atoms with E-state index in [1.54, 1.807) is 18.2 Å². The van der Waals surface area contributed by atoms with E-state index in [-0.39, 0.29) is 15.7 Å². The first-order valence-electron chi connectivity index (χ1n) is 4.94. The van der Waals surface area contributed by atoms with Crippen LogP contribution >= 0.6 is 0 Å². The van der Waals surface area contributed by atoms with Gasteiger partial charge in [0.15, 0.2) is 16.1 Å². The normalized spacial score (nSPS) is 17.1. The lowest BCUT2D eigenvalue weighted by atomic mass is 10.00. The highest BCUT2D eigenvalue weighted by molar-refractivity contribution is 7.92. The third-order valence-electron chi connectivity index (χ3n) is 2.84. The molecule has 0 amide bonds. The van der Waals surface area contributed by atoms with Gasteiger partial charge in [0.05, 0.1) is 10.1 Å². The first-order valence-corrected chi connectivity index (χ1v) is 6.49. The monoisotopic (exact) mass is 224 g/mol. The number of carbonyl (C=O) groups is 1. The number of benzene rings is 1. The van der Waals surface area contributed by atoms with Crippen LogP contribution in [-0.2, 0) is 9.84 Å². The summed E-state index contributed by atoms with van der Waals surface area (Å²) in [4.78, 5) is 10.9. The molecule has 0 saturated heterocycles. The molecule has 1 aliphatic carbocycles. The highest BCUT2D eigenvalue weighted by atomic mass is 32.2. The number of aldehydes is 1. The van der Waals surface area contributed by atoms with Crippen LogP contribution < -0.4 is 0 Å². The molecule has 0 unspecified atom stereocenters. The summed E-state index contributed by atoms with van der Waals surface area (Å²) in [6.07, 6.45) is 3.00. The Kier molecular flexibility index (Phi) is 2.61. The molecule has 1 fully saturated rings. The molecule has 0 aliphatic heterocycles. The molecular formula is C11H12O3S. The molecule has 80 valence electrons. The summed E-state index contributed by atoms with van der Waals surface area (Å²) in [5.74, 6) is 0. The molecule has 0 heterocycles. The van der Waals surface area contributed by atoms with Crippen LogP contribution in [0.15, 0.2) is 29.2 Å². The molecule has 1 aromatic carbocycles. The van der Waals surface area contributed by atoms with Gasteiger partial charge < -0.3 is 0 Å². The van der Waals surface area contributed by atoms with Crippen molar-refractivity contribution in [2.45, 2.75) is 29.4 Å². The molecule has 1 saturated carbocycles. The molecule has 1 aromatic rings. The largest absolute Gasteiger partial charge is 0.298 e. The van der Waals surface area contributed by atoms with Crippen molar-refractivity contribution in [2.75, 3.05) is 0 Å². The topological polar surface area (TPSA) is 51.2 Å². The van der Waals surface area contributed by atoms with Crippen molar-refractivity contribution in [3.05, 3.63) is 29.8 Å². The minimum atomic E-state index is -3.28. The first-order chi connectivity index (χ1) is 7.16. The lowest BCUT2D eigenvalue weighted by Crippen LogP contribution is -2.29. The van der Waals surface area contributed by atoms with Crippen LogP contribution in [0.2, 0.25) is 0 Å². The quantitative estimate of drug-likeness (QED) is 0.736. The number of rotatable bonds is 3. The van der Waals surface area contributed by atoms with Crippen molar-refractivity contribution in [2.24, 2.45) is 0 Å². The van der Waals surface area contributed by atoms with Crippen molar-refractivity contribution in [3.63, 3.8) is 0 Å². The predicted molar refractivity (Wildman–Crippen MR) is 56.7 cm³/mol. The highest BCUT2D eigenvalue weighted by Gasteiger charge is 2.33. The SMILES string of the molecule is O=Cc1ccccc1S(=O)(=O)C1CCC1. The van der Waals surface area contributed by atoms with E-state index < -0.39 is 9.84 Å². The fourth-order valence-electron chi connectivity index (χ4n) is 1.70. The Morgan fingerprint density at radius 2 is 1.87 bits per heavy atom. The maximum absolute atomic E-state index is 12.0. The Hall–Kier alpha value is -1.16. The Morgan fingerprint density at radius 3 is 2.40 bits per heavy atom. The first kappa shape index (κ1) is 10.4. The smallest absolute Gasteiger partial charge is 0.181 e. The van der Waals surface area contributed by atoms with E-state index in [2.05, 4.69) is 0 Å². The molecule has 0 bridgehead atoms. The maximum atomic E-state index is 12.0. The van der Waals surface area contributed by atoms with E-state index >= 15 is 0 Å². The zero-order valence-corrected chi connectivity index (χ0v) is 9.03. The average molecular weight is 224 g/mol. The van der Waals surface area contributed by atoms with E-state index in [1.165, 1.54) is 6.07 Å². The molecule has 0 spiro atoms. The van der Waals surface area contributed by atoms with Gasteiger partial charge in [0.1, 0.15) is 0 Å². The zero-order valence-electron chi connectivity index (χ0n) is 8.22. The van der Waals surface area contributed by atoms with Gasteiger partial charge in [-0.3, -0.25) is 4.79 Å². The van der Waals surface area contributed by atoms with Gasteiger partial charge in [-0.2, -0.15) is 0 Å². The van der Waals surface area contributed by atoms with E-state index in [0.717, 1.165) is 19.3 Å². The van der Waals surface area contributed by atoms with Gasteiger partial charge in [-0.1, -0.05) is 24.6 Å². The van der Waals surface area contributed by atoms with Crippen molar-refractivity contribution < 1.29 is 13.2 Å². The van der Waals surface area contributed by atoms with Crippen molar-refractivity contribution in [1.82, 2.24) is 0 Å². The fraction of sp³-hybridized carbons (Fsp3) is 0.364. The minimum absolute atomic E-state index is 0.185. The van der Waals surface area contributed by atoms with Gasteiger partial charge in [0.25, 0.3) is 0 Å². The van der Waals surface area contributed by atoms with Crippen LogP contribution in [0, 0.1) is 0 Å². The lowest BCUT2D eigenvalue weighted by Gasteiger charge is -2.25. The van der Waals surface area contributed by atoms with Crippen molar-refractivity contribution in [3.8, 4) is 0 Å². The molecule has 3 nitrogen and oxygen atoms in total. The number of carbonyl (C=O) groups excluding carboxylic acids is 1. The van der Waals surface area contributed by atoms with Gasteiger partial charge in [-0.05, 0) is 18.9 Å². The lowest BCUT2D eigenvalue weighted by molar-refractivity contribution is 0.112. The zero-order chi connectivity index (χ0) is 10.9. The summed E-state index contributed by atoms with van der Waals surface area (Å²) in [5, 5.41) is -0.279. The Bertz CT molecular complexity index is 472. The number of hydrogen-bond acceptors (Lipinski definition) is 3. The number of hydrogen-bond donors (Lipinski definition) is 0. The number of sulfone groups is 1. The standard InChI is InChI=1S/C11H12O3S/c12-8-9-4-1-2-7-11(9)15(13,14)10-5-3-6-10/h1-2,4,7-8,10H,3,5-6H2. The van der Waals surface area contributed by atoms with Crippen LogP contribution in [-0.4, -0.2) is 20.0 Å². The molecule has 2 rings (SSSR count). The molecule has 15 heavy (non-hydrogen) atoms. The Labute approximate surface area is 89.0 Å². The minimum Gasteiger partial charge on any atom is -0.298 e. The van der Waals surface area contributed by atoms with Gasteiger partial charge in [0.2, 0.25) is 0 Å². The van der Waals surface area contributed by atoms with Crippen LogP contribution in [0.5, 0.6) is 0 Å². The Balaban J connectivity index is 2.48. The molecule has 0 N–H and O–H groups in total. The van der Waals surface area contributed by atoms with E-state index in [1.807, 2.05) is 0 Å². The van der Waals surface area contributed by atoms with E-state index in [9.17, 15) is 13.2 Å². The summed E-state index contributed by atoms with van der Waals surface area (Å²) >= 11 is 0. The van der Waals surface area contributed by atoms with Crippen LogP contribution in [0.25, 0.3) is 0 Å². The predicted octanol–water partition coefficient (Wildman–Crippen LogP) is 1.83. The molecule has 0 atom stereocenters. The molecule has 4 heteroatoms. The van der Waals surface area contributed by atoms with Gasteiger partial charge in [0, 0.05) is 5.56 Å². The molecule has 0 radical (unpaired) electrons. The summed E-state index contributed by atoms with van der Waals surface area (Å²) in [5.41, 5.74) is 0.268. The highest BCUT2D eigenvalue weighted by Crippen LogP contribution is 2.31. The van der Waals surface area contributed by atoms with Gasteiger partial charge in [-0.25, -0.2) is 8.42 Å². The van der Waals surface area contributed by atoms with Crippen LogP contribution in [0.4, 0.5) is 0 Å². The van der Waals surface area contributed by atoms with Crippen molar-refractivity contribution in [1.29, 1.82) is 0 Å². The molecule has 1 aliphatic rings. The summed E-state index contributed by atoms with van der Waals surface area (Å²) < 4.78 is 24.1. The van der Waals surface area contributed by atoms with Gasteiger partial charge >= 0.3 is 0 Å². The molecule has 0 aromatic heterocycles. The van der Waals surface area contributed by atoms with E-state index in [4.69, 9.17) is 0 Å².